The van der Waals surface area contributed by atoms with E-state index in [0.29, 0.717) is 18.5 Å². The van der Waals surface area contributed by atoms with E-state index in [1.165, 1.54) is 6.26 Å². The second-order valence-corrected chi connectivity index (χ2v) is 12.8. The highest BCUT2D eigenvalue weighted by molar-refractivity contribution is 7.91. The zero-order chi connectivity index (χ0) is 30.0. The summed E-state index contributed by atoms with van der Waals surface area (Å²) in [4.78, 5) is 10.9. The van der Waals surface area contributed by atoms with Gasteiger partial charge in [-0.05, 0) is 79.5 Å². The highest BCUT2D eigenvalue weighted by Gasteiger charge is 2.37. The number of pyridine rings is 1. The quantitative estimate of drug-likeness (QED) is 0.122. The van der Waals surface area contributed by atoms with E-state index in [4.69, 9.17) is 11.4 Å². The number of aromatic nitrogens is 1. The maximum atomic E-state index is 15.6. The molecule has 1 fully saturated rings. The van der Waals surface area contributed by atoms with Crippen molar-refractivity contribution in [3.8, 4) is 23.7 Å². The van der Waals surface area contributed by atoms with E-state index in [-0.39, 0.29) is 19.3 Å². The Morgan fingerprint density at radius 2 is 2.00 bits per heavy atom. The van der Waals surface area contributed by atoms with Crippen LogP contribution >= 0.6 is 0 Å². The predicted octanol–water partition coefficient (Wildman–Crippen LogP) is 7.39. The molecule has 1 aromatic heterocycles. The Morgan fingerprint density at radius 1 is 1.27 bits per heavy atom. The number of benzene rings is 1. The SMILES string of the molecule is C#CN(C)/C=C(\C=C)c1cccc(-c2ccc(C(/C=N\C)=C/CC)c(/C=C/CC3(F)CCC(S(C)(=O)=O)CC3)n2)c1. The molecular weight excluding hydrogens is 533 g/mol. The summed E-state index contributed by atoms with van der Waals surface area (Å²) in [6, 6.07) is 14.6. The van der Waals surface area contributed by atoms with Crippen molar-refractivity contribution in [3.05, 3.63) is 84.2 Å². The molecule has 1 heterocycles. The van der Waals surface area contributed by atoms with E-state index in [2.05, 4.69) is 30.6 Å². The van der Waals surface area contributed by atoms with Crippen molar-refractivity contribution < 1.29 is 12.8 Å². The monoisotopic (exact) mass is 573 g/mol. The van der Waals surface area contributed by atoms with Crippen LogP contribution in [0.3, 0.4) is 0 Å². The Hall–Kier alpha value is -3.76. The van der Waals surface area contributed by atoms with Crippen molar-refractivity contribution in [2.45, 2.75) is 56.4 Å². The average Bonchev–Trinajstić information content (AvgIpc) is 2.95. The van der Waals surface area contributed by atoms with Gasteiger partial charge in [0.1, 0.15) is 15.5 Å². The van der Waals surface area contributed by atoms with Gasteiger partial charge in [-0.25, -0.2) is 17.8 Å². The number of aliphatic imine (C=N–C) groups is 1. The van der Waals surface area contributed by atoms with Gasteiger partial charge in [0.15, 0.2) is 0 Å². The van der Waals surface area contributed by atoms with Gasteiger partial charge in [-0.1, -0.05) is 56.4 Å². The van der Waals surface area contributed by atoms with E-state index in [9.17, 15) is 8.42 Å². The molecule has 5 nitrogen and oxygen atoms in total. The Labute approximate surface area is 245 Å². The standard InChI is InChI=1S/C34H40FN3O2S/c1-7-12-29(24-36-4)31-16-17-32(28-14-10-13-27(23-28)26(8-2)25-38(5)9-3)37-33(31)15-11-20-34(35)21-18-30(19-22-34)41(6,39)40/h3,8,10-17,23-25,30H,2,7,18-22H2,1,4-6H3/b15-11+,26-25+,29-12+,36-24-. The van der Waals surface area contributed by atoms with Gasteiger partial charge in [0.25, 0.3) is 0 Å². The molecule has 7 heteroatoms. The van der Waals surface area contributed by atoms with Crippen molar-refractivity contribution in [1.29, 1.82) is 0 Å². The number of nitrogens with zero attached hydrogens (tertiary/aromatic N) is 3. The van der Waals surface area contributed by atoms with Gasteiger partial charge in [-0.2, -0.15) is 0 Å². The molecule has 1 aliphatic carbocycles. The molecule has 216 valence electrons. The maximum Gasteiger partial charge on any atom is 0.150 e. The topological polar surface area (TPSA) is 62.6 Å². The van der Waals surface area contributed by atoms with Crippen LogP contribution in [0.1, 0.15) is 62.3 Å². The Bertz CT molecular complexity index is 1500. The van der Waals surface area contributed by atoms with Crippen LogP contribution in [0.5, 0.6) is 0 Å². The molecule has 1 aromatic carbocycles. The minimum absolute atomic E-state index is 0.204. The fourth-order valence-corrected chi connectivity index (χ4v) is 6.16. The van der Waals surface area contributed by atoms with Crippen LogP contribution in [0.25, 0.3) is 28.5 Å². The number of halogens is 1. The number of terminal acetylenes is 1. The summed E-state index contributed by atoms with van der Waals surface area (Å²) in [7, 11) is 0.380. The lowest BCUT2D eigenvalue weighted by Crippen LogP contribution is -2.34. The summed E-state index contributed by atoms with van der Waals surface area (Å²) in [6.07, 6.45) is 20.2. The summed E-state index contributed by atoms with van der Waals surface area (Å²) >= 11 is 0. The fourth-order valence-electron chi connectivity index (χ4n) is 5.07. The molecule has 1 aliphatic rings. The van der Waals surface area contributed by atoms with E-state index < -0.39 is 20.8 Å². The molecule has 0 N–H and O–H groups in total. The number of rotatable bonds is 11. The van der Waals surface area contributed by atoms with Gasteiger partial charge >= 0.3 is 0 Å². The molecule has 3 rings (SSSR count). The molecule has 0 atom stereocenters. The highest BCUT2D eigenvalue weighted by Crippen LogP contribution is 2.37. The number of hydrogen-bond donors (Lipinski definition) is 0. The van der Waals surface area contributed by atoms with Gasteiger partial charge in [-0.15, -0.1) is 0 Å². The number of allylic oxidation sites excluding steroid dienone is 5. The Morgan fingerprint density at radius 3 is 2.61 bits per heavy atom. The second kappa shape index (κ2) is 14.2. The van der Waals surface area contributed by atoms with E-state index in [1.807, 2.05) is 61.0 Å². The van der Waals surface area contributed by atoms with Gasteiger partial charge in [0.2, 0.25) is 0 Å². The fraction of sp³-hybridized carbons (Fsp3) is 0.353. The molecule has 0 radical (unpaired) electrons. The largest absolute Gasteiger partial charge is 0.311 e. The molecule has 0 aliphatic heterocycles. The predicted molar refractivity (Wildman–Crippen MR) is 172 cm³/mol. The van der Waals surface area contributed by atoms with Crippen molar-refractivity contribution in [2.75, 3.05) is 20.4 Å². The number of alkyl halides is 1. The highest BCUT2D eigenvalue weighted by atomic mass is 32.2. The molecule has 1 saturated carbocycles. The molecular formula is C34H40FN3O2S. The molecule has 0 bridgehead atoms. The maximum absolute atomic E-state index is 15.6. The van der Waals surface area contributed by atoms with E-state index >= 15 is 4.39 Å². The third kappa shape index (κ3) is 8.61. The molecule has 2 aromatic rings. The van der Waals surface area contributed by atoms with Crippen LogP contribution in [0, 0.1) is 12.5 Å². The van der Waals surface area contributed by atoms with Crippen LogP contribution < -0.4 is 0 Å². The molecule has 41 heavy (non-hydrogen) atoms. The van der Waals surface area contributed by atoms with Crippen molar-refractivity contribution in [1.82, 2.24) is 9.88 Å². The first-order chi connectivity index (χ1) is 19.5. The summed E-state index contributed by atoms with van der Waals surface area (Å²) in [5, 5.41) is -0.449. The lowest BCUT2D eigenvalue weighted by Gasteiger charge is -2.32. The van der Waals surface area contributed by atoms with Crippen LogP contribution in [0.15, 0.2) is 72.4 Å². The normalized spacial score (nSPS) is 20.3. The zero-order valence-corrected chi connectivity index (χ0v) is 25.3. The van der Waals surface area contributed by atoms with Crippen molar-refractivity contribution >= 4 is 33.3 Å². The minimum atomic E-state index is -3.15. The first-order valence-electron chi connectivity index (χ1n) is 13.9. The first kappa shape index (κ1) is 31.8. The number of hydrogen-bond acceptors (Lipinski definition) is 5. The Kier molecular flexibility index (Phi) is 11.0. The molecule has 0 unspecified atom stereocenters. The van der Waals surface area contributed by atoms with Crippen molar-refractivity contribution in [3.63, 3.8) is 0 Å². The Balaban J connectivity index is 1.98. The third-order valence-corrected chi connectivity index (χ3v) is 9.05. The molecule has 0 saturated heterocycles. The molecule has 0 spiro atoms. The average molecular weight is 574 g/mol. The van der Waals surface area contributed by atoms with Gasteiger partial charge in [0.05, 0.1) is 16.6 Å². The first-order valence-corrected chi connectivity index (χ1v) is 15.8. The van der Waals surface area contributed by atoms with Gasteiger partial charge in [-0.3, -0.25) is 4.99 Å². The minimum Gasteiger partial charge on any atom is -0.311 e. The smallest absolute Gasteiger partial charge is 0.150 e. The van der Waals surface area contributed by atoms with Crippen LogP contribution in [0.2, 0.25) is 0 Å². The summed E-state index contributed by atoms with van der Waals surface area (Å²) in [6.45, 7) is 6.00. The van der Waals surface area contributed by atoms with Gasteiger partial charge in [0, 0.05) is 49.9 Å². The lowest BCUT2D eigenvalue weighted by molar-refractivity contribution is 0.112. The zero-order valence-electron chi connectivity index (χ0n) is 24.5. The van der Waals surface area contributed by atoms with Crippen LogP contribution in [-0.2, 0) is 9.84 Å². The second-order valence-electron chi connectivity index (χ2n) is 10.5. The van der Waals surface area contributed by atoms with Gasteiger partial charge < -0.3 is 4.90 Å². The summed E-state index contributed by atoms with van der Waals surface area (Å²) in [5.74, 6) is 0. The summed E-state index contributed by atoms with van der Waals surface area (Å²) in [5.41, 5.74) is 4.68. The van der Waals surface area contributed by atoms with Crippen molar-refractivity contribution in [2.24, 2.45) is 4.99 Å². The third-order valence-electron chi connectivity index (χ3n) is 7.37. The van der Waals surface area contributed by atoms with E-state index in [0.717, 1.165) is 40.0 Å². The van der Waals surface area contributed by atoms with E-state index in [1.54, 1.807) is 25.1 Å². The van der Waals surface area contributed by atoms with Crippen LogP contribution in [0.4, 0.5) is 4.39 Å². The van der Waals surface area contributed by atoms with Crippen LogP contribution in [-0.4, -0.2) is 55.8 Å². The molecule has 0 amide bonds. The number of sulfone groups is 1. The summed E-state index contributed by atoms with van der Waals surface area (Å²) < 4.78 is 39.4. The lowest BCUT2D eigenvalue weighted by atomic mass is 9.83.